The van der Waals surface area contributed by atoms with Crippen LogP contribution in [0.2, 0.25) is 0 Å². The van der Waals surface area contributed by atoms with Gasteiger partial charge in [0.2, 0.25) is 17.7 Å². The fraction of sp³-hybridized carbons (Fsp3) is 0.213. The number of phenols is 1. The zero-order valence-corrected chi connectivity index (χ0v) is 33.6. The van der Waals surface area contributed by atoms with Crippen molar-refractivity contribution in [3.63, 3.8) is 0 Å². The zero-order chi connectivity index (χ0) is 40.7. The van der Waals surface area contributed by atoms with Gasteiger partial charge in [0.05, 0.1) is 41.7 Å². The van der Waals surface area contributed by atoms with Crippen LogP contribution in [-0.4, -0.2) is 45.8 Å². The van der Waals surface area contributed by atoms with Crippen LogP contribution in [0, 0.1) is 30.6 Å². The molecule has 2 aliphatic carbocycles. The lowest BCUT2D eigenvalue weighted by Gasteiger charge is -2.50. The molecule has 294 valence electrons. The van der Waals surface area contributed by atoms with Gasteiger partial charge in [-0.25, -0.2) is 4.98 Å². The summed E-state index contributed by atoms with van der Waals surface area (Å²) in [5, 5.41) is 13.1. The number of para-hydroxylation sites is 2. The largest absolute Gasteiger partial charge is 0.504 e. The fourth-order valence-corrected chi connectivity index (χ4v) is 10.5. The number of aromatic nitrogens is 1. The van der Waals surface area contributed by atoms with Gasteiger partial charge in [-0.1, -0.05) is 87.7 Å². The molecule has 1 aromatic heterocycles. The van der Waals surface area contributed by atoms with Crippen molar-refractivity contribution >= 4 is 62.0 Å². The highest BCUT2D eigenvalue weighted by Gasteiger charge is 2.70. The molecule has 6 atom stereocenters. The van der Waals surface area contributed by atoms with Crippen molar-refractivity contribution in [1.82, 2.24) is 9.99 Å². The number of hydrogen-bond acceptors (Lipinski definition) is 9. The van der Waals surface area contributed by atoms with Gasteiger partial charge in [0.1, 0.15) is 5.52 Å². The summed E-state index contributed by atoms with van der Waals surface area (Å²) in [6.07, 6.45) is 2.30. The minimum atomic E-state index is -1.56. The summed E-state index contributed by atoms with van der Waals surface area (Å²) in [5.41, 5.74) is 7.27. The van der Waals surface area contributed by atoms with Gasteiger partial charge in [0.15, 0.2) is 17.1 Å². The first-order valence-corrected chi connectivity index (χ1v) is 20.3. The second-order valence-corrected chi connectivity index (χ2v) is 16.6. The topological polar surface area (TPSA) is 142 Å². The van der Waals surface area contributed by atoms with Crippen molar-refractivity contribution < 1.29 is 33.4 Å². The van der Waals surface area contributed by atoms with Crippen molar-refractivity contribution in [2.45, 2.75) is 31.1 Å². The molecule has 5 aromatic carbocycles. The number of nitrogens with one attached hydrogen (secondary N) is 1. The number of anilines is 2. The highest BCUT2D eigenvalue weighted by atomic mass is 79.9. The molecule has 0 radical (unpaired) electrons. The molecule has 4 amide bonds. The van der Waals surface area contributed by atoms with Gasteiger partial charge >= 0.3 is 0 Å². The molecule has 3 fully saturated rings. The van der Waals surface area contributed by atoms with E-state index in [4.69, 9.17) is 9.15 Å². The lowest BCUT2D eigenvalue weighted by atomic mass is 9.49. The Balaban J connectivity index is 1.10. The third-order valence-electron chi connectivity index (χ3n) is 12.7. The molecule has 0 bridgehead atoms. The molecule has 6 aromatic rings. The normalized spacial score (nSPS) is 24.9. The lowest BCUT2D eigenvalue weighted by Crippen LogP contribution is -2.53. The van der Waals surface area contributed by atoms with Crippen molar-refractivity contribution in [2.24, 2.45) is 23.7 Å². The van der Waals surface area contributed by atoms with Crippen LogP contribution in [0.15, 0.2) is 136 Å². The molecule has 2 saturated heterocycles. The number of phenolic OH excluding ortho intramolecular Hbond substituents is 1. The van der Waals surface area contributed by atoms with Gasteiger partial charge in [-0.15, -0.1) is 0 Å². The number of aryl methyl sites for hydroxylation is 1. The van der Waals surface area contributed by atoms with E-state index < -0.39 is 46.8 Å². The number of ether oxygens (including phenoxy) is 1. The van der Waals surface area contributed by atoms with Gasteiger partial charge in [-0.3, -0.25) is 29.5 Å². The minimum absolute atomic E-state index is 0.116. The fourth-order valence-electron chi connectivity index (χ4n) is 10.1. The summed E-state index contributed by atoms with van der Waals surface area (Å²) >= 11 is 3.60. The number of aromatic hydroxyl groups is 1. The molecule has 0 spiro atoms. The van der Waals surface area contributed by atoms with Crippen molar-refractivity contribution in [3.05, 3.63) is 148 Å². The number of halogens is 1. The molecular formula is C47H37BrN4O7. The average Bonchev–Trinajstić information content (AvgIpc) is 3.87. The van der Waals surface area contributed by atoms with Crippen LogP contribution in [0.4, 0.5) is 11.4 Å². The van der Waals surface area contributed by atoms with Crippen LogP contribution in [0.1, 0.15) is 35.4 Å². The molecule has 2 N–H and O–H groups in total. The Morgan fingerprint density at radius 2 is 1.59 bits per heavy atom. The second-order valence-electron chi connectivity index (χ2n) is 15.7. The van der Waals surface area contributed by atoms with E-state index in [1.165, 1.54) is 12.0 Å². The first-order valence-electron chi connectivity index (χ1n) is 19.5. The van der Waals surface area contributed by atoms with Gasteiger partial charge in [-0.05, 0) is 91.9 Å². The first kappa shape index (κ1) is 36.8. The number of oxazole rings is 1. The van der Waals surface area contributed by atoms with E-state index in [0.717, 1.165) is 21.7 Å². The quantitative estimate of drug-likeness (QED) is 0.120. The zero-order valence-electron chi connectivity index (χ0n) is 32.0. The molecule has 2 aliphatic heterocycles. The van der Waals surface area contributed by atoms with Crippen molar-refractivity contribution in [2.75, 3.05) is 17.4 Å². The lowest BCUT2D eigenvalue weighted by molar-refractivity contribution is -0.138. The number of amides is 4. The van der Waals surface area contributed by atoms with E-state index in [1.54, 1.807) is 48.5 Å². The van der Waals surface area contributed by atoms with Crippen LogP contribution in [0.5, 0.6) is 11.5 Å². The average molecular weight is 850 g/mol. The SMILES string of the molecule is COc1cc(Br)cc([C@H]2C3=CC[C@@H]4C(=O)N(c5ccc(-c6nc7ccccc7o6)cc5)C(=O)[C@@H]4[C@@H]3C[C@H]3C(=O)N(Nc4ccc(C)cc4)C(=O)[C@@]23c2ccccc2)c1O. The Labute approximate surface area is 347 Å². The van der Waals surface area contributed by atoms with Crippen LogP contribution in [-0.2, 0) is 24.6 Å². The number of rotatable bonds is 7. The maximum atomic E-state index is 15.5. The molecule has 12 heteroatoms. The minimum Gasteiger partial charge on any atom is -0.504 e. The van der Waals surface area contributed by atoms with E-state index in [9.17, 15) is 14.7 Å². The van der Waals surface area contributed by atoms with Gasteiger partial charge in [0.25, 0.3) is 11.8 Å². The standard InChI is InChI=1S/C47H37BrN4O7/c1-25-12-16-29(17-13-25)50-52-44(55)35-24-33-31(40(34-22-28(48)23-38(58-2)41(34)53)47(35,46(52)57)27-8-4-3-5-9-27)20-21-32-39(33)45(56)51(43(32)54)30-18-14-26(15-19-30)42-49-36-10-6-7-11-37(36)59-42/h3-20,22-23,32-33,35,39-40,50,53H,21,24H2,1-2H3/t32-,33+,35-,39-,40+,47+/m0/s1. The Bertz CT molecular complexity index is 2720. The molecule has 11 nitrogen and oxygen atoms in total. The highest BCUT2D eigenvalue weighted by molar-refractivity contribution is 9.10. The van der Waals surface area contributed by atoms with E-state index in [2.05, 4.69) is 26.3 Å². The number of methoxy groups -OCH3 is 1. The predicted octanol–water partition coefficient (Wildman–Crippen LogP) is 8.47. The molecule has 4 aliphatic rings. The van der Waals surface area contributed by atoms with Crippen LogP contribution >= 0.6 is 15.9 Å². The molecule has 1 saturated carbocycles. The molecule has 0 unspecified atom stereocenters. The number of nitrogens with zero attached hydrogens (tertiary/aromatic N) is 3. The van der Waals surface area contributed by atoms with Crippen LogP contribution < -0.4 is 15.1 Å². The van der Waals surface area contributed by atoms with E-state index in [-0.39, 0.29) is 36.2 Å². The maximum absolute atomic E-state index is 15.5. The van der Waals surface area contributed by atoms with Crippen LogP contribution in [0.3, 0.4) is 0 Å². The van der Waals surface area contributed by atoms with E-state index >= 15 is 9.59 Å². The third kappa shape index (κ3) is 5.49. The molecule has 3 heterocycles. The predicted molar refractivity (Wildman–Crippen MR) is 223 cm³/mol. The smallest absolute Gasteiger partial charge is 0.260 e. The third-order valence-corrected chi connectivity index (χ3v) is 13.1. The van der Waals surface area contributed by atoms with Gasteiger partial charge < -0.3 is 14.3 Å². The summed E-state index contributed by atoms with van der Waals surface area (Å²) in [7, 11) is 1.45. The maximum Gasteiger partial charge on any atom is 0.260 e. The first-order chi connectivity index (χ1) is 28.6. The number of allylic oxidation sites excluding steroid dienone is 2. The monoisotopic (exact) mass is 848 g/mol. The summed E-state index contributed by atoms with van der Waals surface area (Å²) in [4.78, 5) is 65.6. The Morgan fingerprint density at radius 3 is 2.32 bits per heavy atom. The number of carbonyl (C=O) groups is 4. The van der Waals surface area contributed by atoms with E-state index in [1.807, 2.05) is 79.7 Å². The number of fused-ring (bicyclic) bond motifs is 5. The Morgan fingerprint density at radius 1 is 0.864 bits per heavy atom. The van der Waals surface area contributed by atoms with Gasteiger partial charge in [-0.2, -0.15) is 5.01 Å². The number of hydrazine groups is 1. The van der Waals surface area contributed by atoms with Crippen molar-refractivity contribution in [3.8, 4) is 23.0 Å². The number of carbonyl (C=O) groups excluding carboxylic acids is 4. The highest BCUT2D eigenvalue weighted by Crippen LogP contribution is 2.65. The molecule has 10 rings (SSSR count). The summed E-state index contributed by atoms with van der Waals surface area (Å²) < 4.78 is 12.2. The van der Waals surface area contributed by atoms with E-state index in [0.29, 0.717) is 44.0 Å². The van der Waals surface area contributed by atoms with Gasteiger partial charge in [0, 0.05) is 21.5 Å². The Hall–Kier alpha value is -6.53. The number of benzene rings is 5. The number of imide groups is 2. The second kappa shape index (κ2) is 13.8. The summed E-state index contributed by atoms with van der Waals surface area (Å²) in [6.45, 7) is 1.95. The summed E-state index contributed by atoms with van der Waals surface area (Å²) in [5.74, 6) is -5.31. The molecule has 59 heavy (non-hydrogen) atoms. The molecular weight excluding hydrogens is 812 g/mol. The van der Waals surface area contributed by atoms with Crippen LogP contribution in [0.25, 0.3) is 22.6 Å². The Kier molecular flexibility index (Phi) is 8.60. The summed E-state index contributed by atoms with van der Waals surface area (Å²) in [6, 6.07) is 34.4. The number of hydrogen-bond donors (Lipinski definition) is 2. The van der Waals surface area contributed by atoms with Crippen molar-refractivity contribution in [1.29, 1.82) is 0 Å².